The Bertz CT molecular complexity index is 290. The van der Waals surface area contributed by atoms with Crippen LogP contribution in [0.5, 0.6) is 0 Å². The molecule has 0 aliphatic heterocycles. The van der Waals surface area contributed by atoms with E-state index in [-0.39, 0.29) is 0 Å². The average Bonchev–Trinajstić information content (AvgIpc) is 2.18. The van der Waals surface area contributed by atoms with E-state index in [9.17, 15) is 0 Å². The summed E-state index contributed by atoms with van der Waals surface area (Å²) in [5.41, 5.74) is 1.28. The van der Waals surface area contributed by atoms with E-state index < -0.39 is 0 Å². The van der Waals surface area contributed by atoms with Crippen LogP contribution in [-0.2, 0) is 11.3 Å². The summed E-state index contributed by atoms with van der Waals surface area (Å²) < 4.78 is 6.95. The van der Waals surface area contributed by atoms with Gasteiger partial charge in [-0.15, -0.1) is 0 Å². The van der Waals surface area contributed by atoms with Gasteiger partial charge in [0.1, 0.15) is 0 Å². The molecule has 0 N–H and O–H groups in total. The Kier molecular flexibility index (Phi) is 4.44. The summed E-state index contributed by atoms with van der Waals surface area (Å²) in [4.78, 5) is 0. The quantitative estimate of drug-likeness (QED) is 0.589. The number of hydrogen-bond donors (Lipinski definition) is 0. The van der Waals surface area contributed by atoms with Gasteiger partial charge >= 0.3 is 0 Å². The topological polar surface area (TPSA) is 9.23 Å². The van der Waals surface area contributed by atoms with Crippen LogP contribution >= 0.6 is 22.6 Å². The molecule has 0 heterocycles. The van der Waals surface area contributed by atoms with E-state index in [0.29, 0.717) is 0 Å². The predicted octanol–water partition coefficient (Wildman–Crippen LogP) is 4.00. The molecular formula is C13H17IO. The van der Waals surface area contributed by atoms with Gasteiger partial charge in [0.2, 0.25) is 0 Å². The second kappa shape index (κ2) is 5.85. The zero-order chi connectivity index (χ0) is 10.5. The molecule has 1 fully saturated rings. The number of hydrogen-bond acceptors (Lipinski definition) is 1. The summed E-state index contributed by atoms with van der Waals surface area (Å²) >= 11 is 2.32. The second-order valence-corrected chi connectivity index (χ2v) is 5.51. The van der Waals surface area contributed by atoms with Gasteiger partial charge in [-0.3, -0.25) is 0 Å². The average molecular weight is 316 g/mol. The van der Waals surface area contributed by atoms with Gasteiger partial charge in [-0.1, -0.05) is 31.4 Å². The monoisotopic (exact) mass is 316 g/mol. The minimum atomic E-state index is 0.768. The molecule has 0 atom stereocenters. The highest BCUT2D eigenvalue weighted by molar-refractivity contribution is 14.1. The molecular weight excluding hydrogens is 299 g/mol. The largest absolute Gasteiger partial charge is 0.377 e. The molecule has 1 saturated carbocycles. The van der Waals surface area contributed by atoms with Crippen LogP contribution in [0.3, 0.4) is 0 Å². The maximum atomic E-state index is 5.66. The van der Waals surface area contributed by atoms with E-state index in [1.807, 2.05) is 0 Å². The van der Waals surface area contributed by atoms with Gasteiger partial charge in [-0.2, -0.15) is 0 Å². The van der Waals surface area contributed by atoms with Gasteiger partial charge in [-0.25, -0.2) is 0 Å². The molecule has 1 aromatic carbocycles. The first-order valence-electron chi connectivity index (χ1n) is 5.67. The van der Waals surface area contributed by atoms with Crippen molar-refractivity contribution in [2.24, 2.45) is 5.92 Å². The minimum absolute atomic E-state index is 0.768. The predicted molar refractivity (Wildman–Crippen MR) is 70.8 cm³/mol. The summed E-state index contributed by atoms with van der Waals surface area (Å²) in [5.74, 6) is 0.960. The minimum Gasteiger partial charge on any atom is -0.377 e. The number of ether oxygens (including phenoxy) is 1. The Morgan fingerprint density at radius 1 is 1.20 bits per heavy atom. The molecule has 0 saturated heterocycles. The number of halogens is 1. The molecule has 2 rings (SSSR count). The molecule has 0 amide bonds. The Morgan fingerprint density at radius 2 is 1.93 bits per heavy atom. The van der Waals surface area contributed by atoms with Crippen LogP contribution in [0.15, 0.2) is 24.3 Å². The van der Waals surface area contributed by atoms with Crippen molar-refractivity contribution < 1.29 is 4.74 Å². The van der Waals surface area contributed by atoms with Crippen LogP contribution in [0.4, 0.5) is 0 Å². The SMILES string of the molecule is Ic1ccc(COCCC2CCC2)cc1. The molecule has 0 radical (unpaired) electrons. The van der Waals surface area contributed by atoms with Crippen molar-refractivity contribution in [2.75, 3.05) is 6.61 Å². The first-order valence-corrected chi connectivity index (χ1v) is 6.74. The van der Waals surface area contributed by atoms with Crippen molar-refractivity contribution in [1.82, 2.24) is 0 Å². The normalized spacial score (nSPS) is 16.3. The van der Waals surface area contributed by atoms with Crippen LogP contribution in [0.25, 0.3) is 0 Å². The van der Waals surface area contributed by atoms with Crippen molar-refractivity contribution in [1.29, 1.82) is 0 Å². The Hall–Kier alpha value is -0.0900. The lowest BCUT2D eigenvalue weighted by molar-refractivity contribution is 0.0950. The fraction of sp³-hybridized carbons (Fsp3) is 0.538. The van der Waals surface area contributed by atoms with Gasteiger partial charge < -0.3 is 4.74 Å². The lowest BCUT2D eigenvalue weighted by Gasteiger charge is -2.24. The van der Waals surface area contributed by atoms with Crippen LogP contribution in [0, 0.1) is 9.49 Å². The van der Waals surface area contributed by atoms with E-state index in [4.69, 9.17) is 4.74 Å². The first kappa shape index (κ1) is 11.4. The molecule has 1 aromatic rings. The molecule has 1 aliphatic rings. The Morgan fingerprint density at radius 3 is 2.53 bits per heavy atom. The highest BCUT2D eigenvalue weighted by atomic mass is 127. The third-order valence-corrected chi connectivity index (χ3v) is 3.80. The first-order chi connectivity index (χ1) is 7.34. The zero-order valence-corrected chi connectivity index (χ0v) is 11.1. The van der Waals surface area contributed by atoms with Crippen molar-refractivity contribution in [3.63, 3.8) is 0 Å². The van der Waals surface area contributed by atoms with Crippen molar-refractivity contribution >= 4 is 22.6 Å². The second-order valence-electron chi connectivity index (χ2n) is 4.26. The van der Waals surface area contributed by atoms with Gasteiger partial charge in [0.15, 0.2) is 0 Å². The summed E-state index contributed by atoms with van der Waals surface area (Å²) in [6.07, 6.45) is 5.53. The maximum Gasteiger partial charge on any atom is 0.0716 e. The summed E-state index contributed by atoms with van der Waals surface area (Å²) in [5, 5.41) is 0. The van der Waals surface area contributed by atoms with Gasteiger partial charge in [0, 0.05) is 10.2 Å². The smallest absolute Gasteiger partial charge is 0.0716 e. The molecule has 15 heavy (non-hydrogen) atoms. The van der Waals surface area contributed by atoms with Crippen LogP contribution in [0.1, 0.15) is 31.2 Å². The molecule has 0 aromatic heterocycles. The number of rotatable bonds is 5. The third kappa shape index (κ3) is 3.76. The standard InChI is InChI=1S/C13H17IO/c14-13-6-4-12(5-7-13)10-15-9-8-11-2-1-3-11/h4-7,11H,1-3,8-10H2. The molecule has 82 valence electrons. The van der Waals surface area contributed by atoms with E-state index in [2.05, 4.69) is 46.9 Å². The lowest BCUT2D eigenvalue weighted by Crippen LogP contribution is -2.13. The number of benzene rings is 1. The lowest BCUT2D eigenvalue weighted by atomic mass is 9.83. The molecule has 0 bridgehead atoms. The molecule has 0 spiro atoms. The molecule has 2 heteroatoms. The third-order valence-electron chi connectivity index (χ3n) is 3.08. The zero-order valence-electron chi connectivity index (χ0n) is 8.92. The van der Waals surface area contributed by atoms with Gasteiger partial charge in [0.05, 0.1) is 6.61 Å². The van der Waals surface area contributed by atoms with Crippen LogP contribution in [-0.4, -0.2) is 6.61 Å². The van der Waals surface area contributed by atoms with Gasteiger partial charge in [-0.05, 0) is 52.6 Å². The fourth-order valence-electron chi connectivity index (χ4n) is 1.80. The summed E-state index contributed by atoms with van der Waals surface area (Å²) in [6, 6.07) is 8.55. The Balaban J connectivity index is 1.62. The van der Waals surface area contributed by atoms with Crippen LogP contribution < -0.4 is 0 Å². The maximum absolute atomic E-state index is 5.66. The van der Waals surface area contributed by atoms with E-state index in [0.717, 1.165) is 19.1 Å². The summed E-state index contributed by atoms with van der Waals surface area (Å²) in [7, 11) is 0. The molecule has 1 nitrogen and oxygen atoms in total. The van der Waals surface area contributed by atoms with Gasteiger partial charge in [0.25, 0.3) is 0 Å². The molecule has 1 aliphatic carbocycles. The van der Waals surface area contributed by atoms with E-state index in [1.165, 1.54) is 34.8 Å². The van der Waals surface area contributed by atoms with Crippen LogP contribution in [0.2, 0.25) is 0 Å². The van der Waals surface area contributed by atoms with Crippen molar-refractivity contribution in [3.05, 3.63) is 33.4 Å². The fourth-order valence-corrected chi connectivity index (χ4v) is 2.16. The van der Waals surface area contributed by atoms with Crippen molar-refractivity contribution in [3.8, 4) is 0 Å². The van der Waals surface area contributed by atoms with Crippen molar-refractivity contribution in [2.45, 2.75) is 32.3 Å². The highest BCUT2D eigenvalue weighted by Crippen LogP contribution is 2.29. The highest BCUT2D eigenvalue weighted by Gasteiger charge is 2.16. The van der Waals surface area contributed by atoms with E-state index >= 15 is 0 Å². The molecule has 0 unspecified atom stereocenters. The Labute approximate surface area is 105 Å². The summed E-state index contributed by atoms with van der Waals surface area (Å²) in [6.45, 7) is 1.69. The van der Waals surface area contributed by atoms with E-state index in [1.54, 1.807) is 0 Å².